The van der Waals surface area contributed by atoms with Gasteiger partial charge in [-0.25, -0.2) is 0 Å². The Kier molecular flexibility index (Phi) is 4.15. The number of amides is 1. The Balaban J connectivity index is 1.98. The zero-order valence-electron chi connectivity index (χ0n) is 12.2. The van der Waals surface area contributed by atoms with Crippen LogP contribution in [0.4, 0.5) is 5.69 Å². The van der Waals surface area contributed by atoms with Gasteiger partial charge in [-0.3, -0.25) is 9.79 Å². The molecular formula is C17H16N2O2S. The van der Waals surface area contributed by atoms with Crippen molar-refractivity contribution >= 4 is 29.1 Å². The number of rotatable bonds is 4. The first-order valence-electron chi connectivity index (χ1n) is 6.91. The second-order valence-electron chi connectivity index (χ2n) is 4.97. The van der Waals surface area contributed by atoms with Crippen molar-refractivity contribution in [3.63, 3.8) is 0 Å². The van der Waals surface area contributed by atoms with Gasteiger partial charge in [0.15, 0.2) is 0 Å². The fourth-order valence-corrected chi connectivity index (χ4v) is 3.45. The van der Waals surface area contributed by atoms with Crippen molar-refractivity contribution in [3.05, 3.63) is 54.1 Å². The number of carbonyl (C=O) groups excluding carboxylic acids is 1. The van der Waals surface area contributed by atoms with Gasteiger partial charge in [0, 0.05) is 16.4 Å². The number of hydrogen-bond donors (Lipinski definition) is 1. The number of nitrogens with two attached hydrogens (primary N) is 1. The van der Waals surface area contributed by atoms with Gasteiger partial charge < -0.3 is 10.5 Å². The highest BCUT2D eigenvalue weighted by Gasteiger charge is 2.27. The van der Waals surface area contributed by atoms with Crippen molar-refractivity contribution in [1.29, 1.82) is 0 Å². The minimum absolute atomic E-state index is 0.385. The van der Waals surface area contributed by atoms with Crippen molar-refractivity contribution < 1.29 is 9.53 Å². The molecule has 1 amide bonds. The molecule has 4 nitrogen and oxygen atoms in total. The van der Waals surface area contributed by atoms with Gasteiger partial charge in [0.05, 0.1) is 12.8 Å². The molecule has 0 aromatic heterocycles. The number of carbonyl (C=O) groups is 1. The Hall–Kier alpha value is -2.27. The van der Waals surface area contributed by atoms with Crippen LogP contribution in [0.2, 0.25) is 0 Å². The Labute approximate surface area is 133 Å². The number of para-hydroxylation sites is 1. The largest absolute Gasteiger partial charge is 0.497 e. The standard InChI is InChI=1S/C17H16N2O2S/c1-21-12-8-6-11(7-9-12)16(17(18)20)14-10-22-15-5-3-2-4-13(15)19-14/h2-9,16H,10H2,1H3,(H2,18,20). The van der Waals surface area contributed by atoms with E-state index in [0.29, 0.717) is 5.75 Å². The molecule has 0 saturated heterocycles. The van der Waals surface area contributed by atoms with Gasteiger partial charge in [-0.1, -0.05) is 24.3 Å². The minimum Gasteiger partial charge on any atom is -0.497 e. The first-order valence-corrected chi connectivity index (χ1v) is 7.90. The van der Waals surface area contributed by atoms with E-state index < -0.39 is 5.92 Å². The highest BCUT2D eigenvalue weighted by atomic mass is 32.2. The Morgan fingerprint density at radius 1 is 1.23 bits per heavy atom. The SMILES string of the molecule is COc1ccc(C(C(N)=O)C2=Nc3ccccc3SC2)cc1. The van der Waals surface area contributed by atoms with Crippen LogP contribution >= 0.6 is 11.8 Å². The van der Waals surface area contributed by atoms with E-state index in [9.17, 15) is 4.79 Å². The van der Waals surface area contributed by atoms with E-state index in [-0.39, 0.29) is 5.91 Å². The molecule has 1 atom stereocenters. The normalized spacial score (nSPS) is 14.7. The summed E-state index contributed by atoms with van der Waals surface area (Å²) in [6.45, 7) is 0. The maximum absolute atomic E-state index is 12.0. The van der Waals surface area contributed by atoms with E-state index in [2.05, 4.69) is 4.99 Å². The summed E-state index contributed by atoms with van der Waals surface area (Å²) >= 11 is 1.68. The van der Waals surface area contributed by atoms with Gasteiger partial charge in [0.25, 0.3) is 0 Å². The summed E-state index contributed by atoms with van der Waals surface area (Å²) in [4.78, 5) is 17.7. The van der Waals surface area contributed by atoms with Gasteiger partial charge >= 0.3 is 0 Å². The molecule has 0 spiro atoms. The van der Waals surface area contributed by atoms with Gasteiger partial charge in [0.1, 0.15) is 11.7 Å². The molecule has 1 aliphatic heterocycles. The molecule has 5 heteroatoms. The predicted octanol–water partition coefficient (Wildman–Crippen LogP) is 3.14. The van der Waals surface area contributed by atoms with Crippen molar-refractivity contribution in [2.24, 2.45) is 10.7 Å². The number of thioether (sulfide) groups is 1. The highest BCUT2D eigenvalue weighted by molar-refractivity contribution is 8.00. The molecule has 0 aliphatic carbocycles. The third-order valence-corrected chi connectivity index (χ3v) is 4.67. The topological polar surface area (TPSA) is 64.7 Å². The second-order valence-corrected chi connectivity index (χ2v) is 5.99. The smallest absolute Gasteiger partial charge is 0.230 e. The maximum Gasteiger partial charge on any atom is 0.230 e. The molecule has 0 saturated carbocycles. The lowest BCUT2D eigenvalue weighted by Crippen LogP contribution is -2.30. The summed E-state index contributed by atoms with van der Waals surface area (Å²) in [5.74, 6) is 0.518. The zero-order valence-corrected chi connectivity index (χ0v) is 13.0. The average Bonchev–Trinajstić information content (AvgIpc) is 2.55. The summed E-state index contributed by atoms with van der Waals surface area (Å²) in [6, 6.07) is 15.3. The molecule has 112 valence electrons. The Bertz CT molecular complexity index is 726. The van der Waals surface area contributed by atoms with E-state index in [1.807, 2.05) is 48.5 Å². The van der Waals surface area contributed by atoms with E-state index in [1.54, 1.807) is 18.9 Å². The Morgan fingerprint density at radius 3 is 2.64 bits per heavy atom. The molecule has 0 fully saturated rings. The molecule has 1 heterocycles. The van der Waals surface area contributed by atoms with Crippen molar-refractivity contribution in [2.75, 3.05) is 12.9 Å². The van der Waals surface area contributed by atoms with Crippen LogP contribution in [0.25, 0.3) is 0 Å². The number of primary amides is 1. The molecule has 2 aromatic carbocycles. The lowest BCUT2D eigenvalue weighted by Gasteiger charge is -2.21. The molecule has 1 unspecified atom stereocenters. The van der Waals surface area contributed by atoms with E-state index >= 15 is 0 Å². The van der Waals surface area contributed by atoms with Gasteiger partial charge in [0.2, 0.25) is 5.91 Å². The maximum atomic E-state index is 12.0. The number of methoxy groups -OCH3 is 1. The van der Waals surface area contributed by atoms with Gasteiger partial charge in [-0.05, 0) is 29.8 Å². The minimum atomic E-state index is -0.508. The van der Waals surface area contributed by atoms with Crippen LogP contribution < -0.4 is 10.5 Å². The average molecular weight is 312 g/mol. The molecule has 0 radical (unpaired) electrons. The summed E-state index contributed by atoms with van der Waals surface area (Å²) < 4.78 is 5.15. The van der Waals surface area contributed by atoms with Crippen LogP contribution in [0.1, 0.15) is 11.5 Å². The van der Waals surface area contributed by atoms with Crippen molar-refractivity contribution in [1.82, 2.24) is 0 Å². The van der Waals surface area contributed by atoms with Gasteiger partial charge in [-0.2, -0.15) is 0 Å². The molecular weight excluding hydrogens is 296 g/mol. The van der Waals surface area contributed by atoms with Crippen LogP contribution in [-0.4, -0.2) is 24.5 Å². The molecule has 1 aliphatic rings. The van der Waals surface area contributed by atoms with Crippen LogP contribution in [0.15, 0.2) is 58.4 Å². The van der Waals surface area contributed by atoms with Crippen LogP contribution in [0, 0.1) is 0 Å². The number of benzene rings is 2. The van der Waals surface area contributed by atoms with Crippen LogP contribution in [0.5, 0.6) is 5.75 Å². The second kappa shape index (κ2) is 6.23. The number of aliphatic imine (C=N–C) groups is 1. The summed E-state index contributed by atoms with van der Waals surface area (Å²) in [5.41, 5.74) is 8.16. The fourth-order valence-electron chi connectivity index (χ4n) is 2.48. The lowest BCUT2D eigenvalue weighted by atomic mass is 9.93. The number of nitrogens with zero attached hydrogens (tertiary/aromatic N) is 1. The van der Waals surface area contributed by atoms with E-state index in [1.165, 1.54) is 0 Å². The quantitative estimate of drug-likeness (QED) is 0.943. The molecule has 0 bridgehead atoms. The Morgan fingerprint density at radius 2 is 1.95 bits per heavy atom. The zero-order chi connectivity index (χ0) is 15.5. The monoisotopic (exact) mass is 312 g/mol. The summed E-state index contributed by atoms with van der Waals surface area (Å²) in [7, 11) is 1.61. The molecule has 2 N–H and O–H groups in total. The number of fused-ring (bicyclic) bond motifs is 1. The molecule has 22 heavy (non-hydrogen) atoms. The third kappa shape index (κ3) is 2.85. The molecule has 2 aromatic rings. The highest BCUT2D eigenvalue weighted by Crippen LogP contribution is 2.36. The lowest BCUT2D eigenvalue weighted by molar-refractivity contribution is -0.118. The predicted molar refractivity (Wildman–Crippen MR) is 89.2 cm³/mol. The number of ether oxygens (including phenoxy) is 1. The van der Waals surface area contributed by atoms with Crippen molar-refractivity contribution in [3.8, 4) is 5.75 Å². The first kappa shape index (κ1) is 14.7. The van der Waals surface area contributed by atoms with Gasteiger partial charge in [-0.15, -0.1) is 11.8 Å². The van der Waals surface area contributed by atoms with Crippen molar-refractivity contribution in [2.45, 2.75) is 10.8 Å². The first-order chi connectivity index (χ1) is 10.7. The van der Waals surface area contributed by atoms with Crippen LogP contribution in [0.3, 0.4) is 0 Å². The third-order valence-electron chi connectivity index (χ3n) is 3.57. The summed E-state index contributed by atoms with van der Waals surface area (Å²) in [6.07, 6.45) is 0. The van der Waals surface area contributed by atoms with Crippen LogP contribution in [-0.2, 0) is 4.79 Å². The number of hydrogen-bond acceptors (Lipinski definition) is 4. The summed E-state index contributed by atoms with van der Waals surface area (Å²) in [5, 5.41) is 0. The van der Waals surface area contributed by atoms with E-state index in [4.69, 9.17) is 10.5 Å². The fraction of sp³-hybridized carbons (Fsp3) is 0.176. The molecule has 3 rings (SSSR count). The van der Waals surface area contributed by atoms with E-state index in [0.717, 1.165) is 27.6 Å².